The molecule has 1 heteroatoms. The molecule has 1 aromatic rings. The Hall–Kier alpha value is -0.820. The highest BCUT2D eigenvalue weighted by Gasteiger charge is 2.48. The highest BCUT2D eigenvalue weighted by atomic mass is 16.5. The monoisotopic (exact) mass is 216 g/mol. The van der Waals surface area contributed by atoms with Crippen LogP contribution in [0.4, 0.5) is 0 Å². The molecule has 1 saturated carbocycles. The van der Waals surface area contributed by atoms with Gasteiger partial charge in [-0.15, -0.1) is 0 Å². The van der Waals surface area contributed by atoms with Gasteiger partial charge in [0.1, 0.15) is 0 Å². The van der Waals surface area contributed by atoms with Crippen molar-refractivity contribution in [1.82, 2.24) is 0 Å². The first-order valence-electron chi connectivity index (χ1n) is 6.44. The summed E-state index contributed by atoms with van der Waals surface area (Å²) < 4.78 is 6.45. The van der Waals surface area contributed by atoms with E-state index in [2.05, 4.69) is 38.1 Å². The maximum atomic E-state index is 6.45. The van der Waals surface area contributed by atoms with E-state index in [1.165, 1.54) is 43.2 Å². The van der Waals surface area contributed by atoms with Gasteiger partial charge >= 0.3 is 0 Å². The topological polar surface area (TPSA) is 9.23 Å². The molecule has 0 aromatic heterocycles. The van der Waals surface area contributed by atoms with Gasteiger partial charge in [-0.05, 0) is 37.8 Å². The second kappa shape index (κ2) is 3.33. The van der Waals surface area contributed by atoms with Crippen molar-refractivity contribution in [2.24, 2.45) is 0 Å². The highest BCUT2D eigenvalue weighted by molar-refractivity contribution is 5.40. The van der Waals surface area contributed by atoms with Crippen molar-refractivity contribution in [1.29, 1.82) is 0 Å². The molecule has 1 aliphatic heterocycles. The third kappa shape index (κ3) is 1.34. The first-order chi connectivity index (χ1) is 7.64. The smallest absolute Gasteiger partial charge is 0.0946 e. The van der Waals surface area contributed by atoms with Crippen LogP contribution in [0.3, 0.4) is 0 Å². The fourth-order valence-electron chi connectivity index (χ4n) is 3.50. The Labute approximate surface area is 97.8 Å². The number of fused-ring (bicyclic) bond motifs is 2. The molecular weight excluding hydrogens is 196 g/mol. The molecule has 0 amide bonds. The molecule has 2 aliphatic rings. The summed E-state index contributed by atoms with van der Waals surface area (Å²) in [5.74, 6) is 0. The van der Waals surface area contributed by atoms with E-state index in [-0.39, 0.29) is 11.2 Å². The van der Waals surface area contributed by atoms with Gasteiger partial charge < -0.3 is 4.74 Å². The average molecular weight is 216 g/mol. The van der Waals surface area contributed by atoms with Crippen molar-refractivity contribution in [2.45, 2.75) is 57.2 Å². The van der Waals surface area contributed by atoms with Crippen LogP contribution in [0.1, 0.15) is 57.1 Å². The van der Waals surface area contributed by atoms with E-state index in [9.17, 15) is 0 Å². The average Bonchev–Trinajstić information content (AvgIpc) is 2.50. The Balaban J connectivity index is 2.11. The zero-order valence-corrected chi connectivity index (χ0v) is 10.3. The standard InChI is InChI=1S/C15H20O/c1-14(2)12-8-4-5-9-13(12)15(16-14)10-6-3-7-11-15/h4-5,8-9H,3,6-7,10-11H2,1-2H3. The normalized spacial score (nSPS) is 25.6. The van der Waals surface area contributed by atoms with Gasteiger partial charge in [0.2, 0.25) is 0 Å². The predicted octanol–water partition coefficient (Wildman–Crippen LogP) is 4.11. The van der Waals surface area contributed by atoms with Crippen LogP contribution in [-0.2, 0) is 15.9 Å². The van der Waals surface area contributed by atoms with Gasteiger partial charge in [0.05, 0.1) is 11.2 Å². The van der Waals surface area contributed by atoms with Gasteiger partial charge in [0.25, 0.3) is 0 Å². The van der Waals surface area contributed by atoms with Crippen LogP contribution in [0, 0.1) is 0 Å². The molecule has 1 spiro atoms. The van der Waals surface area contributed by atoms with Gasteiger partial charge in [0, 0.05) is 0 Å². The van der Waals surface area contributed by atoms with Gasteiger partial charge in [-0.25, -0.2) is 0 Å². The predicted molar refractivity (Wildman–Crippen MR) is 65.3 cm³/mol. The molecule has 1 fully saturated rings. The Bertz CT molecular complexity index is 400. The number of hydrogen-bond acceptors (Lipinski definition) is 1. The van der Waals surface area contributed by atoms with Crippen LogP contribution in [0.25, 0.3) is 0 Å². The molecule has 1 aromatic carbocycles. The molecule has 0 saturated heterocycles. The van der Waals surface area contributed by atoms with Crippen molar-refractivity contribution in [3.63, 3.8) is 0 Å². The van der Waals surface area contributed by atoms with E-state index in [4.69, 9.17) is 4.74 Å². The molecule has 1 aliphatic carbocycles. The molecule has 3 rings (SSSR count). The van der Waals surface area contributed by atoms with Gasteiger partial charge in [-0.2, -0.15) is 0 Å². The summed E-state index contributed by atoms with van der Waals surface area (Å²) in [5, 5.41) is 0. The highest BCUT2D eigenvalue weighted by Crippen LogP contribution is 2.53. The number of hydrogen-bond donors (Lipinski definition) is 0. The lowest BCUT2D eigenvalue weighted by molar-refractivity contribution is -0.142. The molecule has 86 valence electrons. The molecule has 0 atom stereocenters. The summed E-state index contributed by atoms with van der Waals surface area (Å²) in [7, 11) is 0. The Morgan fingerprint density at radius 2 is 1.56 bits per heavy atom. The van der Waals surface area contributed by atoms with E-state index in [0.29, 0.717) is 0 Å². The molecular formula is C15H20O. The van der Waals surface area contributed by atoms with Crippen molar-refractivity contribution < 1.29 is 4.74 Å². The van der Waals surface area contributed by atoms with Crippen molar-refractivity contribution in [3.05, 3.63) is 35.4 Å². The van der Waals surface area contributed by atoms with Crippen LogP contribution >= 0.6 is 0 Å². The lowest BCUT2D eigenvalue weighted by atomic mass is 9.79. The maximum Gasteiger partial charge on any atom is 0.0946 e. The first-order valence-corrected chi connectivity index (χ1v) is 6.44. The molecule has 0 unspecified atom stereocenters. The van der Waals surface area contributed by atoms with E-state index in [1.807, 2.05) is 0 Å². The van der Waals surface area contributed by atoms with E-state index in [0.717, 1.165) is 0 Å². The van der Waals surface area contributed by atoms with Gasteiger partial charge in [-0.1, -0.05) is 43.5 Å². The van der Waals surface area contributed by atoms with Crippen molar-refractivity contribution >= 4 is 0 Å². The second-order valence-corrected chi connectivity index (χ2v) is 5.71. The van der Waals surface area contributed by atoms with Crippen molar-refractivity contribution in [3.8, 4) is 0 Å². The number of rotatable bonds is 0. The van der Waals surface area contributed by atoms with Crippen LogP contribution in [0.2, 0.25) is 0 Å². The lowest BCUT2D eigenvalue weighted by Gasteiger charge is -2.36. The van der Waals surface area contributed by atoms with E-state index < -0.39 is 0 Å². The summed E-state index contributed by atoms with van der Waals surface area (Å²) in [6.45, 7) is 4.41. The quantitative estimate of drug-likeness (QED) is 0.634. The molecule has 0 radical (unpaired) electrons. The van der Waals surface area contributed by atoms with Crippen LogP contribution in [-0.4, -0.2) is 0 Å². The zero-order valence-electron chi connectivity index (χ0n) is 10.3. The van der Waals surface area contributed by atoms with Gasteiger partial charge in [-0.3, -0.25) is 0 Å². The lowest BCUT2D eigenvalue weighted by Crippen LogP contribution is -2.31. The Kier molecular flexibility index (Phi) is 2.16. The summed E-state index contributed by atoms with van der Waals surface area (Å²) in [6.07, 6.45) is 6.39. The SMILES string of the molecule is CC1(C)OC2(CCCCC2)c2ccccc21. The third-order valence-corrected chi connectivity index (χ3v) is 4.18. The minimum Gasteiger partial charge on any atom is -0.360 e. The molecule has 1 heterocycles. The van der Waals surface area contributed by atoms with Crippen molar-refractivity contribution in [2.75, 3.05) is 0 Å². The van der Waals surface area contributed by atoms with Gasteiger partial charge in [0.15, 0.2) is 0 Å². The summed E-state index contributed by atoms with van der Waals surface area (Å²) in [5.41, 5.74) is 2.79. The summed E-state index contributed by atoms with van der Waals surface area (Å²) >= 11 is 0. The Morgan fingerprint density at radius 3 is 2.25 bits per heavy atom. The minimum absolute atomic E-state index is 0.0400. The molecule has 0 bridgehead atoms. The largest absolute Gasteiger partial charge is 0.360 e. The third-order valence-electron chi connectivity index (χ3n) is 4.18. The van der Waals surface area contributed by atoms with Crippen LogP contribution in [0.15, 0.2) is 24.3 Å². The maximum absolute atomic E-state index is 6.45. The van der Waals surface area contributed by atoms with E-state index >= 15 is 0 Å². The number of ether oxygens (including phenoxy) is 1. The van der Waals surface area contributed by atoms with Crippen LogP contribution < -0.4 is 0 Å². The first kappa shape index (κ1) is 10.3. The second-order valence-electron chi connectivity index (χ2n) is 5.71. The summed E-state index contributed by atoms with van der Waals surface area (Å²) in [4.78, 5) is 0. The minimum atomic E-state index is -0.103. The van der Waals surface area contributed by atoms with Crippen LogP contribution in [0.5, 0.6) is 0 Å². The number of benzene rings is 1. The molecule has 16 heavy (non-hydrogen) atoms. The van der Waals surface area contributed by atoms with E-state index in [1.54, 1.807) is 0 Å². The fraction of sp³-hybridized carbons (Fsp3) is 0.600. The zero-order chi connectivity index (χ0) is 11.2. The molecule has 0 N–H and O–H groups in total. The fourth-order valence-corrected chi connectivity index (χ4v) is 3.50. The molecule has 1 nitrogen and oxygen atoms in total. The Morgan fingerprint density at radius 1 is 0.938 bits per heavy atom. The summed E-state index contributed by atoms with van der Waals surface area (Å²) in [6, 6.07) is 8.79.